The number of aliphatic hydroxyl groups is 4. The number of hydrogen-bond acceptors (Lipinski definition) is 6. The van der Waals surface area contributed by atoms with Gasteiger partial charge in [0.2, 0.25) is 0 Å². The Hall–Kier alpha value is -0.790. The molecule has 5 unspecified atom stereocenters. The summed E-state index contributed by atoms with van der Waals surface area (Å²) in [6.07, 6.45) is 3.70. The van der Waals surface area contributed by atoms with Crippen LogP contribution in [-0.4, -0.2) is 63.3 Å². The van der Waals surface area contributed by atoms with Gasteiger partial charge in [0.05, 0.1) is 6.61 Å². The van der Waals surface area contributed by atoms with E-state index in [1.165, 1.54) is 0 Å². The number of hydrogen-bond donors (Lipinski definition) is 4. The summed E-state index contributed by atoms with van der Waals surface area (Å²) in [7, 11) is 0. The number of rotatable bonds is 9. The molecule has 2 aliphatic rings. The van der Waals surface area contributed by atoms with E-state index in [0.717, 1.165) is 44.9 Å². The molecule has 1 aliphatic carbocycles. The van der Waals surface area contributed by atoms with Crippen molar-refractivity contribution in [3.63, 3.8) is 0 Å². The average molecular weight is 385 g/mol. The lowest BCUT2D eigenvalue weighted by Gasteiger charge is -2.42. The van der Waals surface area contributed by atoms with Crippen molar-refractivity contribution in [1.82, 2.24) is 0 Å². The maximum absolute atomic E-state index is 12.8. The van der Waals surface area contributed by atoms with Gasteiger partial charge in [-0.3, -0.25) is 4.79 Å². The SMILES string of the molecule is CCCCC[C@@H]1CC(=O)C(C2OC(CO)C(O)C(O)C2O)=C[C@@H]1CCCC. The lowest BCUT2D eigenvalue weighted by atomic mass is 9.73. The summed E-state index contributed by atoms with van der Waals surface area (Å²) in [5.41, 5.74) is 0.389. The highest BCUT2D eigenvalue weighted by Gasteiger charge is 2.47. The number of unbranched alkanes of at least 4 members (excludes halogenated alkanes) is 3. The summed E-state index contributed by atoms with van der Waals surface area (Å²) in [6.45, 7) is 3.82. The third-order valence-corrected chi connectivity index (χ3v) is 6.04. The van der Waals surface area contributed by atoms with E-state index in [0.29, 0.717) is 17.9 Å². The van der Waals surface area contributed by atoms with E-state index < -0.39 is 37.1 Å². The fourth-order valence-electron chi connectivity index (χ4n) is 4.31. The van der Waals surface area contributed by atoms with Crippen LogP contribution in [0.5, 0.6) is 0 Å². The number of allylic oxidation sites excluding steroid dienone is 1. The molecule has 6 heteroatoms. The second-order valence-electron chi connectivity index (χ2n) is 8.06. The first-order valence-corrected chi connectivity index (χ1v) is 10.5. The van der Waals surface area contributed by atoms with E-state index in [1.807, 2.05) is 6.08 Å². The van der Waals surface area contributed by atoms with Gasteiger partial charge in [0.25, 0.3) is 0 Å². The molecular formula is C21H36O6. The molecule has 6 nitrogen and oxygen atoms in total. The highest BCUT2D eigenvalue weighted by atomic mass is 16.5. The van der Waals surface area contributed by atoms with E-state index >= 15 is 0 Å². The number of Topliss-reactive ketones (excluding diaryl/α,β-unsaturated/α-hetero) is 1. The Kier molecular flexibility index (Phi) is 8.89. The third-order valence-electron chi connectivity index (χ3n) is 6.04. The molecule has 0 bridgehead atoms. The van der Waals surface area contributed by atoms with Crippen LogP contribution in [0.4, 0.5) is 0 Å². The molecule has 0 aromatic carbocycles. The van der Waals surface area contributed by atoms with E-state index in [4.69, 9.17) is 4.74 Å². The number of carbonyl (C=O) groups is 1. The first-order chi connectivity index (χ1) is 12.9. The van der Waals surface area contributed by atoms with Gasteiger partial charge in [0.15, 0.2) is 5.78 Å². The van der Waals surface area contributed by atoms with Crippen molar-refractivity contribution in [3.05, 3.63) is 11.6 Å². The summed E-state index contributed by atoms with van der Waals surface area (Å²) in [5.74, 6) is 0.500. The second-order valence-corrected chi connectivity index (χ2v) is 8.06. The monoisotopic (exact) mass is 384 g/mol. The zero-order chi connectivity index (χ0) is 20.0. The van der Waals surface area contributed by atoms with Gasteiger partial charge in [-0.15, -0.1) is 0 Å². The quantitative estimate of drug-likeness (QED) is 0.451. The molecule has 0 spiro atoms. The predicted molar refractivity (Wildman–Crippen MR) is 102 cm³/mol. The van der Waals surface area contributed by atoms with Crippen molar-refractivity contribution >= 4 is 5.78 Å². The van der Waals surface area contributed by atoms with Crippen molar-refractivity contribution < 1.29 is 30.0 Å². The van der Waals surface area contributed by atoms with Gasteiger partial charge in [0, 0.05) is 12.0 Å². The fourth-order valence-corrected chi connectivity index (χ4v) is 4.31. The maximum Gasteiger partial charge on any atom is 0.161 e. The summed E-state index contributed by atoms with van der Waals surface area (Å²) < 4.78 is 5.63. The van der Waals surface area contributed by atoms with Crippen LogP contribution >= 0.6 is 0 Å². The third kappa shape index (κ3) is 5.39. The molecule has 1 aliphatic heterocycles. The number of ether oxygens (including phenoxy) is 1. The minimum atomic E-state index is -1.45. The van der Waals surface area contributed by atoms with Crippen LogP contribution in [0.1, 0.15) is 65.2 Å². The first-order valence-electron chi connectivity index (χ1n) is 10.5. The molecule has 7 atom stereocenters. The van der Waals surface area contributed by atoms with Gasteiger partial charge >= 0.3 is 0 Å². The van der Waals surface area contributed by atoms with Gasteiger partial charge in [-0.2, -0.15) is 0 Å². The van der Waals surface area contributed by atoms with Gasteiger partial charge in [-0.25, -0.2) is 0 Å². The fraction of sp³-hybridized carbons (Fsp3) is 0.857. The highest BCUT2D eigenvalue weighted by Crippen LogP contribution is 2.37. The number of ketones is 1. The minimum Gasteiger partial charge on any atom is -0.394 e. The van der Waals surface area contributed by atoms with E-state index in [2.05, 4.69) is 13.8 Å². The summed E-state index contributed by atoms with van der Waals surface area (Å²) in [6, 6.07) is 0. The molecule has 156 valence electrons. The van der Waals surface area contributed by atoms with Crippen molar-refractivity contribution in [3.8, 4) is 0 Å². The molecule has 0 radical (unpaired) electrons. The van der Waals surface area contributed by atoms with E-state index in [9.17, 15) is 25.2 Å². The Morgan fingerprint density at radius 1 is 1.00 bits per heavy atom. The normalized spacial score (nSPS) is 37.3. The minimum absolute atomic E-state index is 0.0615. The molecule has 1 saturated heterocycles. The summed E-state index contributed by atoms with van der Waals surface area (Å²) in [4.78, 5) is 12.8. The molecule has 27 heavy (non-hydrogen) atoms. The van der Waals surface area contributed by atoms with Crippen LogP contribution < -0.4 is 0 Å². The van der Waals surface area contributed by atoms with Gasteiger partial charge in [-0.05, 0) is 24.7 Å². The number of carbonyl (C=O) groups excluding carboxylic acids is 1. The topological polar surface area (TPSA) is 107 Å². The molecule has 0 aromatic heterocycles. The van der Waals surface area contributed by atoms with Crippen molar-refractivity contribution in [2.75, 3.05) is 6.61 Å². The Labute approximate surface area is 162 Å². The average Bonchev–Trinajstić information content (AvgIpc) is 2.66. The Bertz CT molecular complexity index is 503. The van der Waals surface area contributed by atoms with Crippen LogP contribution in [0, 0.1) is 11.8 Å². The van der Waals surface area contributed by atoms with Crippen LogP contribution in [0.15, 0.2) is 11.6 Å². The molecule has 1 heterocycles. The number of aliphatic hydroxyl groups excluding tert-OH is 4. The van der Waals surface area contributed by atoms with E-state index in [1.54, 1.807) is 0 Å². The Morgan fingerprint density at radius 2 is 1.70 bits per heavy atom. The van der Waals surface area contributed by atoms with Crippen molar-refractivity contribution in [1.29, 1.82) is 0 Å². The molecule has 4 N–H and O–H groups in total. The van der Waals surface area contributed by atoms with Crippen molar-refractivity contribution in [2.24, 2.45) is 11.8 Å². The summed E-state index contributed by atoms with van der Waals surface area (Å²) in [5, 5.41) is 39.8. The van der Waals surface area contributed by atoms with Crippen molar-refractivity contribution in [2.45, 2.75) is 95.7 Å². The standard InChI is InChI=1S/C21H36O6/c1-3-5-7-9-14-11-16(23)15(10-13(14)8-6-4-2)21-20(26)19(25)18(24)17(12-22)27-21/h10,13-14,17-22,24-26H,3-9,11-12H2,1-2H3/t13-,14+,17?,18?,19?,20?,21?/m0/s1. The maximum atomic E-state index is 12.8. The lowest BCUT2D eigenvalue weighted by Crippen LogP contribution is -2.59. The molecule has 2 rings (SSSR count). The summed E-state index contributed by atoms with van der Waals surface area (Å²) >= 11 is 0. The van der Waals surface area contributed by atoms with Crippen LogP contribution in [0.2, 0.25) is 0 Å². The molecule has 1 fully saturated rings. The predicted octanol–water partition coefficient (Wildman–Crippen LogP) is 1.73. The van der Waals surface area contributed by atoms with Gasteiger partial charge in [0.1, 0.15) is 30.5 Å². The molecule has 0 saturated carbocycles. The van der Waals surface area contributed by atoms with E-state index in [-0.39, 0.29) is 11.7 Å². The molecule has 0 aromatic rings. The van der Waals surface area contributed by atoms with Crippen LogP contribution in [-0.2, 0) is 9.53 Å². The zero-order valence-corrected chi connectivity index (χ0v) is 16.6. The lowest BCUT2D eigenvalue weighted by molar-refractivity contribution is -0.220. The smallest absolute Gasteiger partial charge is 0.161 e. The highest BCUT2D eigenvalue weighted by molar-refractivity contribution is 5.97. The van der Waals surface area contributed by atoms with Gasteiger partial charge < -0.3 is 25.2 Å². The molecule has 0 amide bonds. The van der Waals surface area contributed by atoms with Crippen LogP contribution in [0.25, 0.3) is 0 Å². The van der Waals surface area contributed by atoms with Crippen LogP contribution in [0.3, 0.4) is 0 Å². The zero-order valence-electron chi connectivity index (χ0n) is 16.6. The Morgan fingerprint density at radius 3 is 2.33 bits per heavy atom. The van der Waals surface area contributed by atoms with Gasteiger partial charge in [-0.1, -0.05) is 52.0 Å². The second kappa shape index (κ2) is 10.7. The largest absolute Gasteiger partial charge is 0.394 e. The Balaban J connectivity index is 2.21. The molecular weight excluding hydrogens is 348 g/mol. The first kappa shape index (κ1) is 22.5.